The van der Waals surface area contributed by atoms with Crippen LogP contribution in [0, 0.1) is 12.3 Å². The van der Waals surface area contributed by atoms with Crippen molar-refractivity contribution in [3.8, 4) is 5.92 Å². The van der Waals surface area contributed by atoms with Crippen molar-refractivity contribution in [2.45, 2.75) is 0 Å². The Balaban J connectivity index is 2.36. The first kappa shape index (κ1) is 10.3. The molecular formula is C15H12N. The van der Waals surface area contributed by atoms with Crippen LogP contribution in [0.25, 0.3) is 0 Å². The van der Waals surface area contributed by atoms with E-state index in [0.717, 1.165) is 11.4 Å². The third-order valence-corrected chi connectivity index (χ3v) is 2.37. The van der Waals surface area contributed by atoms with Gasteiger partial charge in [-0.2, -0.15) is 0 Å². The molecule has 0 heterocycles. The van der Waals surface area contributed by atoms with Gasteiger partial charge in [0.2, 0.25) is 0 Å². The first-order valence-corrected chi connectivity index (χ1v) is 5.19. The molecule has 0 aliphatic carbocycles. The van der Waals surface area contributed by atoms with E-state index in [1.165, 1.54) is 0 Å². The molecule has 0 N–H and O–H groups in total. The Morgan fingerprint density at radius 1 is 0.812 bits per heavy atom. The van der Waals surface area contributed by atoms with Gasteiger partial charge >= 0.3 is 0 Å². The highest BCUT2D eigenvalue weighted by molar-refractivity contribution is 5.63. The van der Waals surface area contributed by atoms with E-state index in [4.69, 9.17) is 6.42 Å². The van der Waals surface area contributed by atoms with Crippen molar-refractivity contribution >= 4 is 11.4 Å². The zero-order chi connectivity index (χ0) is 11.2. The van der Waals surface area contributed by atoms with E-state index in [1.54, 1.807) is 0 Å². The lowest BCUT2D eigenvalue weighted by molar-refractivity contribution is 1.12. The second kappa shape index (κ2) is 5.04. The molecular weight excluding hydrogens is 194 g/mol. The minimum Gasteiger partial charge on any atom is -0.330 e. The lowest BCUT2D eigenvalue weighted by atomic mass is 10.2. The average molecular weight is 206 g/mol. The molecule has 0 fully saturated rings. The van der Waals surface area contributed by atoms with E-state index in [2.05, 4.69) is 5.92 Å². The second-order valence-electron chi connectivity index (χ2n) is 3.43. The molecule has 0 aliphatic rings. The highest BCUT2D eigenvalue weighted by atomic mass is 15.1. The Morgan fingerprint density at radius 3 is 1.62 bits per heavy atom. The van der Waals surface area contributed by atoms with Crippen molar-refractivity contribution in [2.24, 2.45) is 0 Å². The molecule has 0 saturated heterocycles. The van der Waals surface area contributed by atoms with Crippen LogP contribution in [0.5, 0.6) is 0 Å². The van der Waals surface area contributed by atoms with Crippen LogP contribution in [-0.2, 0) is 0 Å². The SMILES string of the molecule is [C]#CCN(c1ccccc1)c1ccccc1. The number of para-hydroxylation sites is 2. The topological polar surface area (TPSA) is 3.24 Å². The second-order valence-corrected chi connectivity index (χ2v) is 3.43. The summed E-state index contributed by atoms with van der Waals surface area (Å²) in [5.41, 5.74) is 2.15. The molecule has 2 aromatic carbocycles. The van der Waals surface area contributed by atoms with Crippen LogP contribution in [0.1, 0.15) is 0 Å². The summed E-state index contributed by atoms with van der Waals surface area (Å²) in [4.78, 5) is 2.05. The molecule has 0 aromatic heterocycles. The minimum absolute atomic E-state index is 0.466. The zero-order valence-corrected chi connectivity index (χ0v) is 8.93. The molecule has 0 unspecified atom stereocenters. The lowest BCUT2D eigenvalue weighted by Gasteiger charge is -2.22. The Kier molecular flexibility index (Phi) is 3.25. The smallest absolute Gasteiger partial charge is 0.0853 e. The van der Waals surface area contributed by atoms with Gasteiger partial charge in [0, 0.05) is 11.4 Å². The van der Waals surface area contributed by atoms with Crippen LogP contribution in [0.15, 0.2) is 60.7 Å². The molecule has 1 nitrogen and oxygen atoms in total. The Bertz CT molecular complexity index is 428. The van der Waals surface area contributed by atoms with E-state index >= 15 is 0 Å². The predicted octanol–water partition coefficient (Wildman–Crippen LogP) is 3.41. The van der Waals surface area contributed by atoms with E-state index < -0.39 is 0 Å². The number of benzene rings is 2. The molecule has 1 heteroatoms. The van der Waals surface area contributed by atoms with Gasteiger partial charge in [0.25, 0.3) is 0 Å². The maximum absolute atomic E-state index is 7.14. The summed E-state index contributed by atoms with van der Waals surface area (Å²) in [5, 5.41) is 0. The lowest BCUT2D eigenvalue weighted by Crippen LogP contribution is -2.16. The van der Waals surface area contributed by atoms with Crippen molar-refractivity contribution in [3.63, 3.8) is 0 Å². The maximum Gasteiger partial charge on any atom is 0.0853 e. The van der Waals surface area contributed by atoms with Gasteiger partial charge in [-0.1, -0.05) is 42.3 Å². The molecule has 0 spiro atoms. The average Bonchev–Trinajstić information content (AvgIpc) is 2.38. The molecule has 0 bridgehead atoms. The summed E-state index contributed by atoms with van der Waals surface area (Å²) in [7, 11) is 0. The summed E-state index contributed by atoms with van der Waals surface area (Å²) >= 11 is 0. The van der Waals surface area contributed by atoms with Crippen LogP contribution in [0.2, 0.25) is 0 Å². The predicted molar refractivity (Wildman–Crippen MR) is 67.0 cm³/mol. The molecule has 1 radical (unpaired) electrons. The van der Waals surface area contributed by atoms with E-state index in [0.29, 0.717) is 6.54 Å². The fraction of sp³-hybridized carbons (Fsp3) is 0.0667. The summed E-state index contributed by atoms with van der Waals surface area (Å²) in [5.74, 6) is 2.44. The van der Waals surface area contributed by atoms with Crippen molar-refractivity contribution in [1.82, 2.24) is 0 Å². The van der Waals surface area contributed by atoms with Crippen molar-refractivity contribution in [3.05, 3.63) is 67.1 Å². The molecule has 0 aliphatic heterocycles. The molecule has 2 rings (SSSR count). The fourth-order valence-corrected chi connectivity index (χ4v) is 1.63. The third kappa shape index (κ3) is 2.24. The maximum atomic E-state index is 7.14. The van der Waals surface area contributed by atoms with Gasteiger partial charge in [0.1, 0.15) is 0 Å². The fourth-order valence-electron chi connectivity index (χ4n) is 1.63. The van der Waals surface area contributed by atoms with Gasteiger partial charge in [-0.3, -0.25) is 0 Å². The van der Waals surface area contributed by atoms with Crippen LogP contribution >= 0.6 is 0 Å². The highest BCUT2D eigenvalue weighted by Gasteiger charge is 2.05. The highest BCUT2D eigenvalue weighted by Crippen LogP contribution is 2.23. The van der Waals surface area contributed by atoms with E-state index in [9.17, 15) is 0 Å². The molecule has 77 valence electrons. The van der Waals surface area contributed by atoms with Gasteiger partial charge in [-0.15, -0.1) is 0 Å². The van der Waals surface area contributed by atoms with Gasteiger partial charge in [0.15, 0.2) is 0 Å². The summed E-state index contributed by atoms with van der Waals surface area (Å²) < 4.78 is 0. The van der Waals surface area contributed by atoms with Crippen LogP contribution < -0.4 is 4.90 Å². The van der Waals surface area contributed by atoms with Crippen molar-refractivity contribution in [2.75, 3.05) is 11.4 Å². The molecule has 2 aromatic rings. The molecule has 0 saturated carbocycles. The monoisotopic (exact) mass is 206 g/mol. The van der Waals surface area contributed by atoms with Gasteiger partial charge in [-0.25, -0.2) is 0 Å². The number of hydrogen-bond donors (Lipinski definition) is 0. The Hall–Kier alpha value is -2.20. The van der Waals surface area contributed by atoms with Crippen LogP contribution in [-0.4, -0.2) is 6.54 Å². The molecule has 0 amide bonds. The van der Waals surface area contributed by atoms with Gasteiger partial charge in [0.05, 0.1) is 6.54 Å². The third-order valence-electron chi connectivity index (χ3n) is 2.37. The number of nitrogens with zero attached hydrogens (tertiary/aromatic N) is 1. The summed E-state index contributed by atoms with van der Waals surface area (Å²) in [6.45, 7) is 0.466. The zero-order valence-electron chi connectivity index (χ0n) is 8.93. The standard InChI is InChI=1S/C15H12N/c1-2-13-16(14-9-5-3-6-10-14)15-11-7-4-8-12-15/h3-12H,13H2. The Morgan fingerprint density at radius 2 is 1.25 bits per heavy atom. The van der Waals surface area contributed by atoms with Crippen molar-refractivity contribution in [1.29, 1.82) is 0 Å². The summed E-state index contributed by atoms with van der Waals surface area (Å²) in [6, 6.07) is 20.1. The van der Waals surface area contributed by atoms with Crippen LogP contribution in [0.3, 0.4) is 0 Å². The van der Waals surface area contributed by atoms with E-state index in [-0.39, 0.29) is 0 Å². The molecule has 0 atom stereocenters. The van der Waals surface area contributed by atoms with Gasteiger partial charge < -0.3 is 4.90 Å². The van der Waals surface area contributed by atoms with Crippen LogP contribution in [0.4, 0.5) is 11.4 Å². The first-order chi connectivity index (χ1) is 7.92. The number of hydrogen-bond acceptors (Lipinski definition) is 1. The molecule has 16 heavy (non-hydrogen) atoms. The largest absolute Gasteiger partial charge is 0.330 e. The van der Waals surface area contributed by atoms with Crippen molar-refractivity contribution < 1.29 is 0 Å². The first-order valence-electron chi connectivity index (χ1n) is 5.19. The minimum atomic E-state index is 0.466. The normalized spacial score (nSPS) is 9.44. The Labute approximate surface area is 96.3 Å². The van der Waals surface area contributed by atoms with E-state index in [1.807, 2.05) is 65.6 Å². The quantitative estimate of drug-likeness (QED) is 0.695. The number of rotatable bonds is 3. The summed E-state index contributed by atoms with van der Waals surface area (Å²) in [6.07, 6.45) is 7.14. The number of anilines is 2. The van der Waals surface area contributed by atoms with Gasteiger partial charge in [-0.05, 0) is 30.7 Å².